The Balaban J connectivity index is 1.54. The van der Waals surface area contributed by atoms with Crippen LogP contribution < -0.4 is 5.32 Å². The summed E-state index contributed by atoms with van der Waals surface area (Å²) < 4.78 is 15.4. The van der Waals surface area contributed by atoms with Gasteiger partial charge in [0.15, 0.2) is 0 Å². The van der Waals surface area contributed by atoms with Gasteiger partial charge in [0.2, 0.25) is 5.91 Å². The molecule has 1 N–H and O–H groups in total. The van der Waals surface area contributed by atoms with Gasteiger partial charge in [-0.25, -0.2) is 9.37 Å². The van der Waals surface area contributed by atoms with E-state index in [0.717, 1.165) is 16.6 Å². The van der Waals surface area contributed by atoms with Crippen LogP contribution in [-0.4, -0.2) is 40.0 Å². The molecule has 2 atom stereocenters. The zero-order valence-electron chi connectivity index (χ0n) is 14.6. The minimum absolute atomic E-state index is 0.0519. The topological polar surface area (TPSA) is 50.2 Å². The molecule has 26 heavy (non-hydrogen) atoms. The van der Waals surface area contributed by atoms with Crippen LogP contribution in [0.3, 0.4) is 0 Å². The number of benzene rings is 2. The Morgan fingerprint density at radius 2 is 2.12 bits per heavy atom. The number of carbonyl (C=O) groups excluding carboxylic acids is 1. The Morgan fingerprint density at radius 3 is 2.96 bits per heavy atom. The van der Waals surface area contributed by atoms with Crippen molar-refractivity contribution in [1.29, 1.82) is 0 Å². The molecule has 2 heterocycles. The maximum absolute atomic E-state index is 13.5. The molecule has 1 aliphatic rings. The van der Waals surface area contributed by atoms with E-state index in [4.69, 9.17) is 0 Å². The van der Waals surface area contributed by atoms with E-state index in [1.165, 1.54) is 12.1 Å². The highest BCUT2D eigenvalue weighted by Gasteiger charge is 2.28. The van der Waals surface area contributed by atoms with Gasteiger partial charge < -0.3 is 14.8 Å². The molecular weight excluding hydrogens is 331 g/mol. The van der Waals surface area contributed by atoms with E-state index < -0.39 is 0 Å². The summed E-state index contributed by atoms with van der Waals surface area (Å²) in [7, 11) is 0. The van der Waals surface area contributed by atoms with Gasteiger partial charge in [-0.1, -0.05) is 24.3 Å². The molecule has 134 valence electrons. The first-order valence-electron chi connectivity index (χ1n) is 8.82. The van der Waals surface area contributed by atoms with Crippen LogP contribution in [0.5, 0.6) is 0 Å². The van der Waals surface area contributed by atoms with E-state index in [1.807, 2.05) is 46.7 Å². The number of para-hydroxylation sites is 2. The van der Waals surface area contributed by atoms with Crippen LogP contribution in [0.2, 0.25) is 0 Å². The predicted octanol–water partition coefficient (Wildman–Crippen LogP) is 2.91. The van der Waals surface area contributed by atoms with Crippen molar-refractivity contribution in [2.24, 2.45) is 0 Å². The van der Waals surface area contributed by atoms with E-state index in [-0.39, 0.29) is 23.8 Å². The van der Waals surface area contributed by atoms with Crippen molar-refractivity contribution < 1.29 is 9.18 Å². The predicted molar refractivity (Wildman–Crippen MR) is 98.2 cm³/mol. The van der Waals surface area contributed by atoms with Crippen LogP contribution >= 0.6 is 0 Å². The summed E-state index contributed by atoms with van der Waals surface area (Å²) >= 11 is 0. The highest BCUT2D eigenvalue weighted by Crippen LogP contribution is 2.23. The van der Waals surface area contributed by atoms with Gasteiger partial charge in [-0.3, -0.25) is 4.79 Å². The molecule has 0 saturated carbocycles. The lowest BCUT2D eigenvalue weighted by molar-refractivity contribution is -0.135. The lowest BCUT2D eigenvalue weighted by atomic mass is 10.0. The Hall–Kier alpha value is -2.73. The van der Waals surface area contributed by atoms with Crippen LogP contribution in [-0.2, 0) is 4.79 Å². The summed E-state index contributed by atoms with van der Waals surface area (Å²) in [5.74, 6) is -0.206. The minimum atomic E-state index is -0.339. The third-order valence-corrected chi connectivity index (χ3v) is 4.99. The van der Waals surface area contributed by atoms with Gasteiger partial charge in [-0.15, -0.1) is 0 Å². The first-order valence-corrected chi connectivity index (χ1v) is 8.82. The SMILES string of the molecule is CC(C(=O)N1CCNC(c2cccc(F)c2)C1)n1cnc2ccccc21. The third-order valence-electron chi connectivity index (χ3n) is 4.99. The molecule has 5 nitrogen and oxygen atoms in total. The molecule has 0 bridgehead atoms. The van der Waals surface area contributed by atoms with E-state index in [0.29, 0.717) is 19.6 Å². The van der Waals surface area contributed by atoms with Crippen molar-refractivity contribution in [3.63, 3.8) is 0 Å². The second kappa shape index (κ2) is 6.88. The smallest absolute Gasteiger partial charge is 0.245 e. The minimum Gasteiger partial charge on any atom is -0.338 e. The van der Waals surface area contributed by atoms with Crippen molar-refractivity contribution >= 4 is 16.9 Å². The number of carbonyl (C=O) groups is 1. The van der Waals surface area contributed by atoms with Crippen molar-refractivity contribution in [3.8, 4) is 0 Å². The number of nitrogens with zero attached hydrogens (tertiary/aromatic N) is 3. The molecule has 3 aromatic rings. The Kier molecular flexibility index (Phi) is 4.42. The maximum atomic E-state index is 13.5. The number of nitrogens with one attached hydrogen (secondary N) is 1. The molecule has 2 aromatic carbocycles. The Bertz CT molecular complexity index is 938. The van der Waals surface area contributed by atoms with Gasteiger partial charge in [-0.05, 0) is 36.8 Å². The fourth-order valence-corrected chi connectivity index (χ4v) is 3.57. The first kappa shape index (κ1) is 16.7. The van der Waals surface area contributed by atoms with Gasteiger partial charge in [0.25, 0.3) is 0 Å². The van der Waals surface area contributed by atoms with Gasteiger partial charge in [0.05, 0.1) is 23.4 Å². The summed E-state index contributed by atoms with van der Waals surface area (Å²) in [6.45, 7) is 3.75. The highest BCUT2D eigenvalue weighted by atomic mass is 19.1. The van der Waals surface area contributed by atoms with Crippen molar-refractivity contribution in [2.45, 2.75) is 19.0 Å². The highest BCUT2D eigenvalue weighted by molar-refractivity contribution is 5.83. The maximum Gasteiger partial charge on any atom is 0.245 e. The average molecular weight is 352 g/mol. The normalized spacial score (nSPS) is 18.8. The average Bonchev–Trinajstić information content (AvgIpc) is 3.11. The second-order valence-electron chi connectivity index (χ2n) is 6.66. The third kappa shape index (κ3) is 3.08. The quantitative estimate of drug-likeness (QED) is 0.789. The molecule has 1 aromatic heterocycles. The Labute approximate surface area is 151 Å². The molecule has 0 spiro atoms. The molecule has 1 aliphatic heterocycles. The number of aromatic nitrogens is 2. The van der Waals surface area contributed by atoms with E-state index in [1.54, 1.807) is 12.4 Å². The molecule has 1 saturated heterocycles. The molecule has 1 amide bonds. The standard InChI is InChI=1S/C20H21FN4O/c1-14(25-13-23-17-7-2-3-8-19(17)25)20(26)24-10-9-22-18(12-24)15-5-4-6-16(21)11-15/h2-8,11,13-14,18,22H,9-10,12H2,1H3. The van der Waals surface area contributed by atoms with Crippen LogP contribution in [0.15, 0.2) is 54.9 Å². The van der Waals surface area contributed by atoms with Gasteiger partial charge in [0, 0.05) is 19.6 Å². The summed E-state index contributed by atoms with van der Waals surface area (Å²) in [5.41, 5.74) is 2.69. The number of rotatable bonds is 3. The van der Waals surface area contributed by atoms with Gasteiger partial charge >= 0.3 is 0 Å². The number of amides is 1. The molecule has 0 radical (unpaired) electrons. The van der Waals surface area contributed by atoms with E-state index in [9.17, 15) is 9.18 Å². The molecule has 2 unspecified atom stereocenters. The van der Waals surface area contributed by atoms with Gasteiger partial charge in [-0.2, -0.15) is 0 Å². The van der Waals surface area contributed by atoms with Crippen LogP contribution in [0.4, 0.5) is 4.39 Å². The molecule has 6 heteroatoms. The van der Waals surface area contributed by atoms with Crippen molar-refractivity contribution in [3.05, 3.63) is 66.2 Å². The monoisotopic (exact) mass is 352 g/mol. The summed E-state index contributed by atoms with van der Waals surface area (Å²) in [5, 5.41) is 3.37. The fraction of sp³-hybridized carbons (Fsp3) is 0.300. The van der Waals surface area contributed by atoms with Crippen LogP contribution in [0, 0.1) is 5.82 Å². The molecule has 0 aliphatic carbocycles. The number of hydrogen-bond donors (Lipinski definition) is 1. The summed E-state index contributed by atoms with van der Waals surface area (Å²) in [6, 6.07) is 13.9. The number of fused-ring (bicyclic) bond motifs is 1. The van der Waals surface area contributed by atoms with Crippen molar-refractivity contribution in [1.82, 2.24) is 19.8 Å². The largest absolute Gasteiger partial charge is 0.338 e. The second-order valence-corrected chi connectivity index (χ2v) is 6.66. The van der Waals surface area contributed by atoms with Crippen LogP contribution in [0.25, 0.3) is 11.0 Å². The molecule has 1 fully saturated rings. The zero-order chi connectivity index (χ0) is 18.1. The Morgan fingerprint density at radius 1 is 1.27 bits per heavy atom. The lowest BCUT2D eigenvalue weighted by Crippen LogP contribution is -2.50. The number of hydrogen-bond acceptors (Lipinski definition) is 3. The summed E-state index contributed by atoms with van der Waals surface area (Å²) in [6.07, 6.45) is 1.72. The molecule has 4 rings (SSSR count). The number of piperazine rings is 1. The zero-order valence-corrected chi connectivity index (χ0v) is 14.6. The van der Waals surface area contributed by atoms with Crippen molar-refractivity contribution in [2.75, 3.05) is 19.6 Å². The lowest BCUT2D eigenvalue weighted by Gasteiger charge is -2.35. The molecular formula is C20H21FN4O. The van der Waals surface area contributed by atoms with E-state index >= 15 is 0 Å². The van der Waals surface area contributed by atoms with E-state index in [2.05, 4.69) is 10.3 Å². The summed E-state index contributed by atoms with van der Waals surface area (Å²) in [4.78, 5) is 19.3. The fourth-order valence-electron chi connectivity index (χ4n) is 3.57. The van der Waals surface area contributed by atoms with Crippen LogP contribution in [0.1, 0.15) is 24.6 Å². The van der Waals surface area contributed by atoms with Gasteiger partial charge in [0.1, 0.15) is 11.9 Å². The number of imidazole rings is 1. The first-order chi connectivity index (χ1) is 12.6. The number of halogens is 1.